The average Bonchev–Trinajstić information content (AvgIpc) is 2.97. The van der Waals surface area contributed by atoms with Gasteiger partial charge in [-0.2, -0.15) is 13.9 Å². The lowest BCUT2D eigenvalue weighted by Crippen LogP contribution is -2.16. The van der Waals surface area contributed by atoms with Gasteiger partial charge in [0.15, 0.2) is 5.82 Å². The van der Waals surface area contributed by atoms with Crippen molar-refractivity contribution in [2.45, 2.75) is 13.2 Å². The van der Waals surface area contributed by atoms with Crippen LogP contribution in [0.4, 0.5) is 14.6 Å². The molecule has 0 aliphatic carbocycles. The first-order valence-electron chi connectivity index (χ1n) is 7.85. The lowest BCUT2D eigenvalue weighted by molar-refractivity contribution is -0.0501. The van der Waals surface area contributed by atoms with Gasteiger partial charge in [0.1, 0.15) is 5.75 Å². The van der Waals surface area contributed by atoms with Gasteiger partial charge in [-0.3, -0.25) is 9.48 Å². The summed E-state index contributed by atoms with van der Waals surface area (Å²) in [6.07, 6.45) is 1.70. The second-order valence-electron chi connectivity index (χ2n) is 5.62. The summed E-state index contributed by atoms with van der Waals surface area (Å²) in [4.78, 5) is 12.6. The predicted octanol–water partition coefficient (Wildman–Crippen LogP) is 5.96. The second-order valence-corrected chi connectivity index (χ2v) is 7.83. The second kappa shape index (κ2) is 9.02. The monoisotopic (exact) mass is 533 g/mol. The Balaban J connectivity index is 1.78. The molecule has 0 fully saturated rings. The Bertz CT molecular complexity index is 997. The zero-order valence-corrected chi connectivity index (χ0v) is 17.9. The highest BCUT2D eigenvalue weighted by Gasteiger charge is 2.19. The molecular formula is C18H12Br2ClF2N3O2. The minimum absolute atomic E-state index is 0.0474. The van der Waals surface area contributed by atoms with Crippen LogP contribution in [0.3, 0.4) is 0 Å². The Hall–Kier alpha value is -1.97. The molecular weight excluding hydrogens is 523 g/mol. The highest BCUT2D eigenvalue weighted by molar-refractivity contribution is 9.10. The van der Waals surface area contributed by atoms with Crippen LogP contribution in [0.2, 0.25) is 5.02 Å². The molecule has 0 bridgehead atoms. The van der Waals surface area contributed by atoms with Crippen LogP contribution in [-0.2, 0) is 6.54 Å². The number of hydrogen-bond donors (Lipinski definition) is 1. The van der Waals surface area contributed by atoms with Gasteiger partial charge in [-0.25, -0.2) is 0 Å². The van der Waals surface area contributed by atoms with Gasteiger partial charge in [-0.05, 0) is 51.8 Å². The molecule has 2 aromatic carbocycles. The Morgan fingerprint density at radius 3 is 2.61 bits per heavy atom. The zero-order chi connectivity index (χ0) is 20.3. The first kappa shape index (κ1) is 20.8. The molecule has 0 saturated carbocycles. The zero-order valence-electron chi connectivity index (χ0n) is 14.0. The Labute approximate surface area is 180 Å². The van der Waals surface area contributed by atoms with Crippen LogP contribution in [-0.4, -0.2) is 22.3 Å². The van der Waals surface area contributed by atoms with Crippen molar-refractivity contribution in [1.29, 1.82) is 0 Å². The maximum atomic E-state index is 12.6. The van der Waals surface area contributed by atoms with Crippen LogP contribution in [0.15, 0.2) is 57.6 Å². The molecule has 146 valence electrons. The molecule has 1 amide bonds. The first-order valence-corrected chi connectivity index (χ1v) is 9.81. The normalized spacial score (nSPS) is 10.9. The number of rotatable bonds is 6. The van der Waals surface area contributed by atoms with Crippen LogP contribution in [0.25, 0.3) is 0 Å². The van der Waals surface area contributed by atoms with Gasteiger partial charge in [0.2, 0.25) is 0 Å². The molecule has 0 unspecified atom stereocenters. The topological polar surface area (TPSA) is 56.2 Å². The lowest BCUT2D eigenvalue weighted by Gasteiger charge is -2.11. The fourth-order valence-corrected chi connectivity index (χ4v) is 3.29. The van der Waals surface area contributed by atoms with Crippen molar-refractivity contribution in [1.82, 2.24) is 9.78 Å². The van der Waals surface area contributed by atoms with E-state index in [4.69, 9.17) is 11.6 Å². The van der Waals surface area contributed by atoms with Gasteiger partial charge in [0.25, 0.3) is 5.91 Å². The summed E-state index contributed by atoms with van der Waals surface area (Å²) in [5.41, 5.74) is 0.922. The number of nitrogens with one attached hydrogen (secondary N) is 1. The lowest BCUT2D eigenvalue weighted by atomic mass is 10.2. The molecule has 0 atom stereocenters. The third kappa shape index (κ3) is 5.30. The molecule has 5 nitrogen and oxygen atoms in total. The van der Waals surface area contributed by atoms with Crippen LogP contribution >= 0.6 is 43.5 Å². The number of nitrogens with zero attached hydrogens (tertiary/aromatic N) is 2. The molecule has 10 heteroatoms. The van der Waals surface area contributed by atoms with Crippen LogP contribution < -0.4 is 10.1 Å². The number of anilines is 1. The highest BCUT2D eigenvalue weighted by atomic mass is 79.9. The van der Waals surface area contributed by atoms with E-state index in [2.05, 4.69) is 47.0 Å². The molecule has 0 radical (unpaired) electrons. The third-order valence-electron chi connectivity index (χ3n) is 3.61. The summed E-state index contributed by atoms with van der Waals surface area (Å²) in [7, 11) is 0. The van der Waals surface area contributed by atoms with E-state index in [1.54, 1.807) is 23.0 Å². The van der Waals surface area contributed by atoms with Crippen molar-refractivity contribution in [2.75, 3.05) is 5.32 Å². The number of carbonyl (C=O) groups excluding carboxylic acids is 1. The molecule has 3 rings (SSSR count). The van der Waals surface area contributed by atoms with Gasteiger partial charge in [-0.15, -0.1) is 0 Å². The van der Waals surface area contributed by atoms with Crippen LogP contribution in [0.5, 0.6) is 5.75 Å². The van der Waals surface area contributed by atoms with Gasteiger partial charge >= 0.3 is 6.61 Å². The third-order valence-corrected chi connectivity index (χ3v) is 4.93. The fraction of sp³-hybridized carbons (Fsp3) is 0.111. The van der Waals surface area contributed by atoms with E-state index in [0.717, 1.165) is 5.56 Å². The molecule has 1 N–H and O–H groups in total. The number of carbonyl (C=O) groups is 1. The number of alkyl halides is 2. The molecule has 0 spiro atoms. The number of benzene rings is 2. The molecule has 0 saturated heterocycles. The van der Waals surface area contributed by atoms with Crippen molar-refractivity contribution >= 4 is 55.2 Å². The van der Waals surface area contributed by atoms with E-state index < -0.39 is 12.5 Å². The van der Waals surface area contributed by atoms with Crippen molar-refractivity contribution in [3.63, 3.8) is 0 Å². The number of aromatic nitrogens is 2. The number of ether oxygens (including phenoxy) is 1. The average molecular weight is 536 g/mol. The summed E-state index contributed by atoms with van der Waals surface area (Å²) in [6, 6.07) is 11.5. The van der Waals surface area contributed by atoms with E-state index >= 15 is 0 Å². The first-order chi connectivity index (χ1) is 13.3. The number of halogens is 5. The molecule has 1 aromatic heterocycles. The van der Waals surface area contributed by atoms with Gasteiger partial charge in [-0.1, -0.05) is 39.7 Å². The molecule has 0 aliphatic rings. The molecule has 28 heavy (non-hydrogen) atoms. The van der Waals surface area contributed by atoms with E-state index in [1.165, 1.54) is 18.2 Å². The summed E-state index contributed by atoms with van der Waals surface area (Å²) in [5.74, 6) is -0.608. The Morgan fingerprint density at radius 2 is 1.93 bits per heavy atom. The van der Waals surface area contributed by atoms with E-state index in [-0.39, 0.29) is 17.1 Å². The fourth-order valence-electron chi connectivity index (χ4n) is 2.39. The minimum atomic E-state index is -3.04. The molecule has 1 heterocycles. The minimum Gasteiger partial charge on any atom is -0.434 e. The maximum absolute atomic E-state index is 12.6. The summed E-state index contributed by atoms with van der Waals surface area (Å²) in [6.45, 7) is -2.58. The SMILES string of the molecule is O=C(Nc1nn(Cc2ccc(Cl)cc2)cc1Br)c1cc(Br)ccc1OC(F)F. The quantitative estimate of drug-likeness (QED) is 0.424. The van der Waals surface area contributed by atoms with Crippen molar-refractivity contribution in [2.24, 2.45) is 0 Å². The van der Waals surface area contributed by atoms with Gasteiger partial charge in [0.05, 0.1) is 16.6 Å². The smallest absolute Gasteiger partial charge is 0.387 e. The largest absolute Gasteiger partial charge is 0.434 e. The Kier molecular flexibility index (Phi) is 6.69. The van der Waals surface area contributed by atoms with E-state index in [0.29, 0.717) is 20.5 Å². The summed E-state index contributed by atoms with van der Waals surface area (Å²) >= 11 is 12.4. The standard InChI is InChI=1S/C18H12Br2ClF2N3O2/c19-11-3-6-15(28-18(22)23)13(7-11)17(27)24-16-14(20)9-26(25-16)8-10-1-4-12(21)5-2-10/h1-7,9,18H,8H2,(H,24,25,27). The van der Waals surface area contributed by atoms with Crippen LogP contribution in [0.1, 0.15) is 15.9 Å². The molecule has 0 aliphatic heterocycles. The van der Waals surface area contributed by atoms with Crippen molar-refractivity contribution < 1.29 is 18.3 Å². The van der Waals surface area contributed by atoms with Crippen LogP contribution in [0, 0.1) is 0 Å². The summed E-state index contributed by atoms with van der Waals surface area (Å²) in [5, 5.41) is 7.54. The highest BCUT2D eigenvalue weighted by Crippen LogP contribution is 2.27. The maximum Gasteiger partial charge on any atom is 0.387 e. The van der Waals surface area contributed by atoms with Gasteiger partial charge in [0, 0.05) is 15.7 Å². The van der Waals surface area contributed by atoms with E-state index in [9.17, 15) is 13.6 Å². The number of hydrogen-bond acceptors (Lipinski definition) is 3. The number of amides is 1. The predicted molar refractivity (Wildman–Crippen MR) is 109 cm³/mol. The van der Waals surface area contributed by atoms with E-state index in [1.807, 2.05) is 12.1 Å². The van der Waals surface area contributed by atoms with Gasteiger partial charge < -0.3 is 10.1 Å². The van der Waals surface area contributed by atoms with Crippen molar-refractivity contribution in [3.05, 3.63) is 73.8 Å². The summed E-state index contributed by atoms with van der Waals surface area (Å²) < 4.78 is 32.3. The molecule has 3 aromatic rings. The Morgan fingerprint density at radius 1 is 1.21 bits per heavy atom. The van der Waals surface area contributed by atoms with Crippen molar-refractivity contribution in [3.8, 4) is 5.75 Å².